The minimum Gasteiger partial charge on any atom is -0.496 e. The van der Waals surface area contributed by atoms with Crippen LogP contribution in [0.4, 0.5) is 0 Å². The van der Waals surface area contributed by atoms with E-state index in [-0.39, 0.29) is 5.69 Å². The zero-order chi connectivity index (χ0) is 14.0. The van der Waals surface area contributed by atoms with Crippen LogP contribution in [-0.2, 0) is 0 Å². The molecule has 0 spiro atoms. The number of ether oxygens (including phenoxy) is 1. The molecule has 0 atom stereocenters. The van der Waals surface area contributed by atoms with Crippen molar-refractivity contribution in [3.8, 4) is 23.1 Å². The lowest BCUT2D eigenvalue weighted by atomic mass is 10.00. The van der Waals surface area contributed by atoms with Gasteiger partial charge in [0.05, 0.1) is 12.7 Å². The molecule has 2 aromatic rings. The Hall–Kier alpha value is -1.80. The van der Waals surface area contributed by atoms with Gasteiger partial charge < -0.3 is 9.26 Å². The molecular weight excluding hydrogens is 308 g/mol. The van der Waals surface area contributed by atoms with Crippen LogP contribution in [0, 0.1) is 11.3 Å². The number of rotatable bonds is 3. The molecule has 0 aliphatic heterocycles. The van der Waals surface area contributed by atoms with E-state index in [0.717, 1.165) is 5.56 Å². The molecule has 1 aromatic heterocycles. The van der Waals surface area contributed by atoms with Crippen molar-refractivity contribution in [1.29, 1.82) is 5.26 Å². The number of aromatic nitrogens is 1. The Kier molecular flexibility index (Phi) is 3.91. The molecule has 98 valence electrons. The molecule has 0 aliphatic carbocycles. The van der Waals surface area contributed by atoms with Crippen LogP contribution in [0.3, 0.4) is 0 Å². The molecule has 4 nitrogen and oxygen atoms in total. The van der Waals surface area contributed by atoms with Crippen LogP contribution in [0.5, 0.6) is 5.75 Å². The number of methoxy groups -OCH3 is 1. The van der Waals surface area contributed by atoms with E-state index in [4.69, 9.17) is 14.5 Å². The summed E-state index contributed by atoms with van der Waals surface area (Å²) in [4.78, 5) is 0. The van der Waals surface area contributed by atoms with Gasteiger partial charge in [-0.1, -0.05) is 25.1 Å². The molecule has 0 radical (unpaired) electrons. The van der Waals surface area contributed by atoms with Crippen LogP contribution in [0.1, 0.15) is 31.0 Å². The summed E-state index contributed by atoms with van der Waals surface area (Å²) in [7, 11) is 1.61. The van der Waals surface area contributed by atoms with E-state index in [1.807, 2.05) is 24.3 Å². The summed E-state index contributed by atoms with van der Waals surface area (Å²) < 4.78 is 11.2. The topological polar surface area (TPSA) is 59.1 Å². The molecule has 0 saturated carbocycles. The van der Waals surface area contributed by atoms with E-state index >= 15 is 0 Å². The first-order chi connectivity index (χ1) is 9.08. The molecule has 0 aliphatic rings. The predicted molar refractivity (Wildman–Crippen MR) is 75.0 cm³/mol. The lowest BCUT2D eigenvalue weighted by Gasteiger charge is -2.11. The second-order valence-electron chi connectivity index (χ2n) is 4.40. The van der Waals surface area contributed by atoms with Gasteiger partial charge in [-0.3, -0.25) is 0 Å². The molecule has 5 heteroatoms. The van der Waals surface area contributed by atoms with Gasteiger partial charge >= 0.3 is 0 Å². The number of benzene rings is 1. The molecule has 0 N–H and O–H groups in total. The molecule has 0 saturated heterocycles. The van der Waals surface area contributed by atoms with Crippen LogP contribution < -0.4 is 4.74 Å². The Morgan fingerprint density at radius 3 is 2.68 bits per heavy atom. The van der Waals surface area contributed by atoms with Crippen molar-refractivity contribution in [2.24, 2.45) is 0 Å². The van der Waals surface area contributed by atoms with Gasteiger partial charge in [0.15, 0.2) is 11.5 Å². The van der Waals surface area contributed by atoms with E-state index in [0.29, 0.717) is 21.9 Å². The second kappa shape index (κ2) is 5.45. The largest absolute Gasteiger partial charge is 0.496 e. The normalized spacial score (nSPS) is 10.5. The van der Waals surface area contributed by atoms with Gasteiger partial charge in [-0.15, -0.1) is 0 Å². The highest BCUT2D eigenvalue weighted by Gasteiger charge is 2.19. The van der Waals surface area contributed by atoms with Crippen LogP contribution in [0.25, 0.3) is 11.3 Å². The zero-order valence-corrected chi connectivity index (χ0v) is 12.5. The van der Waals surface area contributed by atoms with Gasteiger partial charge in [-0.25, -0.2) is 0 Å². The number of hydrogen-bond donors (Lipinski definition) is 0. The first-order valence-corrected chi connectivity index (χ1v) is 6.61. The molecule has 1 aromatic carbocycles. The van der Waals surface area contributed by atoms with Crippen molar-refractivity contribution in [3.05, 3.63) is 33.9 Å². The molecule has 19 heavy (non-hydrogen) atoms. The molecule has 0 fully saturated rings. The highest BCUT2D eigenvalue weighted by atomic mass is 79.9. The fraction of sp³-hybridized carbons (Fsp3) is 0.286. The first-order valence-electron chi connectivity index (χ1n) is 5.82. The van der Waals surface area contributed by atoms with Crippen molar-refractivity contribution in [2.45, 2.75) is 19.8 Å². The summed E-state index contributed by atoms with van der Waals surface area (Å²) in [5.74, 6) is 1.62. The number of nitriles is 1. The summed E-state index contributed by atoms with van der Waals surface area (Å²) in [6, 6.07) is 7.87. The van der Waals surface area contributed by atoms with E-state index in [2.05, 4.69) is 34.9 Å². The maximum Gasteiger partial charge on any atom is 0.198 e. The molecule has 0 unspecified atom stereocenters. The molecular formula is C14H13BrN2O2. The second-order valence-corrected chi connectivity index (χ2v) is 5.19. The highest BCUT2D eigenvalue weighted by molar-refractivity contribution is 9.10. The van der Waals surface area contributed by atoms with Crippen molar-refractivity contribution >= 4 is 15.9 Å². The monoisotopic (exact) mass is 320 g/mol. The summed E-state index contributed by atoms with van der Waals surface area (Å²) in [6.07, 6.45) is 0. The Labute approximate surface area is 120 Å². The lowest BCUT2D eigenvalue weighted by molar-refractivity contribution is 0.405. The predicted octanol–water partition coefficient (Wildman–Crippen LogP) is 4.11. The van der Waals surface area contributed by atoms with Gasteiger partial charge in [0, 0.05) is 0 Å². The minimum absolute atomic E-state index is 0.227. The first kappa shape index (κ1) is 13.6. The average Bonchev–Trinajstić information content (AvgIpc) is 2.78. The summed E-state index contributed by atoms with van der Waals surface area (Å²) in [5.41, 5.74) is 2.18. The van der Waals surface area contributed by atoms with Crippen LogP contribution in [0.15, 0.2) is 27.2 Å². The molecule has 2 rings (SSSR count). The third-order valence-electron chi connectivity index (χ3n) is 2.88. The fourth-order valence-corrected chi connectivity index (χ4v) is 2.22. The molecule has 1 heterocycles. The summed E-state index contributed by atoms with van der Waals surface area (Å²) in [5, 5.41) is 12.6. The average molecular weight is 321 g/mol. The Bertz CT molecular complexity index is 641. The van der Waals surface area contributed by atoms with Crippen LogP contribution in [-0.4, -0.2) is 12.3 Å². The van der Waals surface area contributed by atoms with Crippen molar-refractivity contribution < 1.29 is 9.26 Å². The van der Waals surface area contributed by atoms with Gasteiger partial charge in [0.1, 0.15) is 16.3 Å². The van der Waals surface area contributed by atoms with Gasteiger partial charge in [0.25, 0.3) is 0 Å². The smallest absolute Gasteiger partial charge is 0.198 e. The fourth-order valence-electron chi connectivity index (χ4n) is 1.77. The Morgan fingerprint density at radius 2 is 2.16 bits per heavy atom. The van der Waals surface area contributed by atoms with E-state index in [1.165, 1.54) is 5.56 Å². The summed E-state index contributed by atoms with van der Waals surface area (Å²) >= 11 is 3.32. The summed E-state index contributed by atoms with van der Waals surface area (Å²) in [6.45, 7) is 4.24. The number of nitrogens with zero attached hydrogens (tertiary/aromatic N) is 2. The van der Waals surface area contributed by atoms with E-state index in [9.17, 15) is 0 Å². The van der Waals surface area contributed by atoms with E-state index < -0.39 is 0 Å². The van der Waals surface area contributed by atoms with Crippen molar-refractivity contribution in [3.63, 3.8) is 0 Å². The number of hydrogen-bond acceptors (Lipinski definition) is 4. The van der Waals surface area contributed by atoms with Crippen LogP contribution in [0.2, 0.25) is 0 Å². The lowest BCUT2D eigenvalue weighted by Crippen LogP contribution is -1.92. The van der Waals surface area contributed by atoms with Crippen molar-refractivity contribution in [2.75, 3.05) is 7.11 Å². The van der Waals surface area contributed by atoms with Gasteiger partial charge in [-0.2, -0.15) is 5.26 Å². The van der Waals surface area contributed by atoms with Gasteiger partial charge in [-0.05, 0) is 39.5 Å². The number of halogens is 1. The maximum absolute atomic E-state index is 8.89. The molecule has 0 bridgehead atoms. The van der Waals surface area contributed by atoms with E-state index in [1.54, 1.807) is 7.11 Å². The quantitative estimate of drug-likeness (QED) is 0.853. The standard InChI is InChI=1S/C14H13BrN2O2/c1-8(2)9-4-5-10(12(6-9)18-3)14-13(15)11(7-16)17-19-14/h4-6,8H,1-3H3. The Balaban J connectivity index is 2.56. The SMILES string of the molecule is COc1cc(C(C)C)ccc1-c1onc(C#N)c1Br. The zero-order valence-electron chi connectivity index (χ0n) is 10.9. The minimum atomic E-state index is 0.227. The van der Waals surface area contributed by atoms with Gasteiger partial charge in [0.2, 0.25) is 0 Å². The third kappa shape index (κ3) is 2.49. The highest BCUT2D eigenvalue weighted by Crippen LogP contribution is 2.38. The Morgan fingerprint density at radius 1 is 1.42 bits per heavy atom. The maximum atomic E-state index is 8.89. The molecule has 0 amide bonds. The van der Waals surface area contributed by atoms with Crippen LogP contribution >= 0.6 is 15.9 Å². The van der Waals surface area contributed by atoms with Crippen molar-refractivity contribution in [1.82, 2.24) is 5.16 Å². The third-order valence-corrected chi connectivity index (χ3v) is 3.61.